The molecule has 0 N–H and O–H groups in total. The van der Waals surface area contributed by atoms with Crippen molar-refractivity contribution in [2.24, 2.45) is 5.92 Å². The van der Waals surface area contributed by atoms with Gasteiger partial charge in [-0.2, -0.15) is 0 Å². The molecule has 1 fully saturated rings. The van der Waals surface area contributed by atoms with Gasteiger partial charge in [0.25, 0.3) is 0 Å². The molecule has 2 heterocycles. The third-order valence-electron chi connectivity index (χ3n) is 5.53. The fourth-order valence-corrected chi connectivity index (χ4v) is 3.80. The number of pyridine rings is 1. The topological polar surface area (TPSA) is 95.0 Å². The first-order chi connectivity index (χ1) is 16.1. The predicted octanol–water partition coefficient (Wildman–Crippen LogP) is 4.37. The van der Waals surface area contributed by atoms with E-state index in [0.717, 1.165) is 16.5 Å². The van der Waals surface area contributed by atoms with Crippen molar-refractivity contribution in [1.29, 1.82) is 0 Å². The van der Waals surface area contributed by atoms with Gasteiger partial charge in [-0.15, -0.1) is 0 Å². The fourth-order valence-electron chi connectivity index (χ4n) is 3.80. The molecule has 1 aliphatic heterocycles. The van der Waals surface area contributed by atoms with Gasteiger partial charge < -0.3 is 19.1 Å². The average Bonchev–Trinajstić information content (AvgIpc) is 2.80. The molecule has 0 radical (unpaired) electrons. The standard InChI is InChI=1S/C26H32N2O6/c1-26(2,3)34-25(31)28-13-11-19(12-14-28)22(33-24(30)16-23(29)32-4)10-9-18-15-20-7-5-6-8-21(20)27-17-18/h5-10,15,17,19,22H,11-14,16H2,1-4H3/b10-9-. The Kier molecular flexibility index (Phi) is 8.26. The number of nitrogens with zero attached hydrogens (tertiary/aromatic N) is 2. The van der Waals surface area contributed by atoms with Gasteiger partial charge in [-0.05, 0) is 57.4 Å². The van der Waals surface area contributed by atoms with Gasteiger partial charge in [-0.1, -0.05) is 24.3 Å². The van der Waals surface area contributed by atoms with E-state index in [1.807, 2.05) is 63.3 Å². The molecule has 1 aromatic heterocycles. The first kappa shape index (κ1) is 25.2. The van der Waals surface area contributed by atoms with Crippen molar-refractivity contribution in [3.8, 4) is 0 Å². The summed E-state index contributed by atoms with van der Waals surface area (Å²) in [4.78, 5) is 42.4. The summed E-state index contributed by atoms with van der Waals surface area (Å²) in [6.07, 6.45) is 5.38. The lowest BCUT2D eigenvalue weighted by molar-refractivity contribution is -0.157. The van der Waals surface area contributed by atoms with Crippen LogP contribution in [0.25, 0.3) is 17.0 Å². The number of hydrogen-bond donors (Lipinski definition) is 0. The Bertz CT molecular complexity index is 1050. The molecule has 1 amide bonds. The highest BCUT2D eigenvalue weighted by atomic mass is 16.6. The molecule has 2 aromatic rings. The molecule has 8 nitrogen and oxygen atoms in total. The Balaban J connectivity index is 1.71. The third kappa shape index (κ3) is 7.30. The largest absolute Gasteiger partial charge is 0.469 e. The molecule has 8 heteroatoms. The molecule has 1 aromatic carbocycles. The number of para-hydroxylation sites is 1. The Hall–Kier alpha value is -3.42. The average molecular weight is 469 g/mol. The van der Waals surface area contributed by atoms with E-state index in [1.165, 1.54) is 7.11 Å². The van der Waals surface area contributed by atoms with Crippen molar-refractivity contribution in [1.82, 2.24) is 9.88 Å². The summed E-state index contributed by atoms with van der Waals surface area (Å²) >= 11 is 0. The summed E-state index contributed by atoms with van der Waals surface area (Å²) < 4.78 is 15.7. The molecule has 1 unspecified atom stereocenters. The number of amides is 1. The van der Waals surface area contributed by atoms with E-state index in [2.05, 4.69) is 9.72 Å². The maximum atomic E-state index is 12.4. The number of rotatable bonds is 6. The summed E-state index contributed by atoms with van der Waals surface area (Å²) in [7, 11) is 1.23. The number of likely N-dealkylation sites (tertiary alicyclic amines) is 1. The van der Waals surface area contributed by atoms with Crippen LogP contribution in [0.15, 0.2) is 42.6 Å². The van der Waals surface area contributed by atoms with Gasteiger partial charge in [0.05, 0.1) is 12.6 Å². The molecular weight excluding hydrogens is 436 g/mol. The van der Waals surface area contributed by atoms with Crippen molar-refractivity contribution >= 4 is 35.0 Å². The van der Waals surface area contributed by atoms with Crippen LogP contribution in [-0.2, 0) is 23.8 Å². The normalized spacial score (nSPS) is 15.8. The number of hydrogen-bond acceptors (Lipinski definition) is 7. The Labute approximate surface area is 199 Å². The number of ether oxygens (including phenoxy) is 3. The van der Waals surface area contributed by atoms with E-state index in [1.54, 1.807) is 11.1 Å². The first-order valence-electron chi connectivity index (χ1n) is 11.4. The van der Waals surface area contributed by atoms with Crippen LogP contribution in [0, 0.1) is 5.92 Å². The lowest BCUT2D eigenvalue weighted by atomic mass is 9.90. The SMILES string of the molecule is COC(=O)CC(=O)OC(/C=C\c1cnc2ccccc2c1)C1CCN(C(=O)OC(C)(C)C)CC1. The van der Waals surface area contributed by atoms with Gasteiger partial charge in [0.2, 0.25) is 0 Å². The zero-order valence-corrected chi connectivity index (χ0v) is 20.2. The minimum Gasteiger partial charge on any atom is -0.469 e. The number of aromatic nitrogens is 1. The van der Waals surface area contributed by atoms with Crippen LogP contribution in [0.1, 0.15) is 45.6 Å². The lowest BCUT2D eigenvalue weighted by Gasteiger charge is -2.35. The van der Waals surface area contributed by atoms with Crippen LogP contribution < -0.4 is 0 Å². The highest BCUT2D eigenvalue weighted by molar-refractivity contribution is 5.91. The van der Waals surface area contributed by atoms with Crippen LogP contribution in [0.3, 0.4) is 0 Å². The van der Waals surface area contributed by atoms with Gasteiger partial charge in [-0.3, -0.25) is 14.6 Å². The number of benzene rings is 1. The second-order valence-corrected chi connectivity index (χ2v) is 9.33. The summed E-state index contributed by atoms with van der Waals surface area (Å²) in [5.74, 6) is -1.30. The molecule has 0 aliphatic carbocycles. The number of fused-ring (bicyclic) bond motifs is 1. The fraction of sp³-hybridized carbons (Fsp3) is 0.462. The number of piperidine rings is 1. The molecule has 182 valence electrons. The van der Waals surface area contributed by atoms with Gasteiger partial charge in [0, 0.05) is 30.6 Å². The molecule has 0 bridgehead atoms. The highest BCUT2D eigenvalue weighted by Crippen LogP contribution is 2.26. The number of esters is 2. The smallest absolute Gasteiger partial charge is 0.410 e. The van der Waals surface area contributed by atoms with Gasteiger partial charge in [0.15, 0.2) is 0 Å². The summed E-state index contributed by atoms with van der Waals surface area (Å²) in [6.45, 7) is 6.49. The summed E-state index contributed by atoms with van der Waals surface area (Å²) in [5.41, 5.74) is 1.21. The van der Waals surface area contributed by atoms with E-state index in [4.69, 9.17) is 9.47 Å². The maximum Gasteiger partial charge on any atom is 0.410 e. The maximum absolute atomic E-state index is 12.4. The Morgan fingerprint density at radius 2 is 1.85 bits per heavy atom. The van der Waals surface area contributed by atoms with Crippen LogP contribution in [0.5, 0.6) is 0 Å². The number of methoxy groups -OCH3 is 1. The summed E-state index contributed by atoms with van der Waals surface area (Å²) in [6, 6.07) is 9.83. The third-order valence-corrected chi connectivity index (χ3v) is 5.53. The Morgan fingerprint density at radius 3 is 2.53 bits per heavy atom. The van der Waals surface area contributed by atoms with Gasteiger partial charge in [-0.25, -0.2) is 4.79 Å². The lowest BCUT2D eigenvalue weighted by Crippen LogP contribution is -2.44. The second-order valence-electron chi connectivity index (χ2n) is 9.33. The quantitative estimate of drug-likeness (QED) is 0.353. The zero-order valence-electron chi connectivity index (χ0n) is 20.2. The van der Waals surface area contributed by atoms with Crippen LogP contribution in [0.2, 0.25) is 0 Å². The van der Waals surface area contributed by atoms with Crippen molar-refractivity contribution in [3.63, 3.8) is 0 Å². The minimum atomic E-state index is -0.647. The van der Waals surface area contributed by atoms with Crippen molar-refractivity contribution in [3.05, 3.63) is 48.2 Å². The predicted molar refractivity (Wildman–Crippen MR) is 128 cm³/mol. The van der Waals surface area contributed by atoms with E-state index >= 15 is 0 Å². The van der Waals surface area contributed by atoms with Crippen LogP contribution in [-0.4, -0.2) is 59.8 Å². The van der Waals surface area contributed by atoms with E-state index < -0.39 is 30.1 Å². The number of carbonyl (C=O) groups is 3. The minimum absolute atomic E-state index is 0.00931. The molecule has 1 atom stereocenters. The van der Waals surface area contributed by atoms with Crippen LogP contribution >= 0.6 is 0 Å². The molecule has 0 saturated carbocycles. The molecular formula is C26H32N2O6. The monoisotopic (exact) mass is 468 g/mol. The number of carbonyl (C=O) groups excluding carboxylic acids is 3. The van der Waals surface area contributed by atoms with Crippen molar-refractivity contribution in [2.75, 3.05) is 20.2 Å². The van der Waals surface area contributed by atoms with Crippen molar-refractivity contribution < 1.29 is 28.6 Å². The zero-order chi connectivity index (χ0) is 24.7. The van der Waals surface area contributed by atoms with E-state index in [-0.39, 0.29) is 12.0 Å². The van der Waals surface area contributed by atoms with Gasteiger partial charge >= 0.3 is 18.0 Å². The van der Waals surface area contributed by atoms with E-state index in [9.17, 15) is 14.4 Å². The second kappa shape index (κ2) is 11.1. The highest BCUT2D eigenvalue weighted by Gasteiger charge is 2.31. The molecule has 0 spiro atoms. The Morgan fingerprint density at radius 1 is 1.15 bits per heavy atom. The first-order valence-corrected chi connectivity index (χ1v) is 11.4. The van der Waals surface area contributed by atoms with Crippen LogP contribution in [0.4, 0.5) is 4.79 Å². The van der Waals surface area contributed by atoms with Gasteiger partial charge in [0.1, 0.15) is 18.1 Å². The molecule has 1 saturated heterocycles. The molecule has 34 heavy (non-hydrogen) atoms. The van der Waals surface area contributed by atoms with E-state index in [0.29, 0.717) is 25.9 Å². The summed E-state index contributed by atoms with van der Waals surface area (Å²) in [5, 5.41) is 1.01. The van der Waals surface area contributed by atoms with Crippen molar-refractivity contribution in [2.45, 2.75) is 51.7 Å². The molecule has 1 aliphatic rings. The molecule has 3 rings (SSSR count).